The number of nitrogens with zero attached hydrogens (tertiary/aromatic N) is 1. The molecule has 0 atom stereocenters. The van der Waals surface area contributed by atoms with E-state index in [0.29, 0.717) is 22.8 Å². The summed E-state index contributed by atoms with van der Waals surface area (Å²) < 4.78 is 0. The van der Waals surface area contributed by atoms with Gasteiger partial charge in [-0.1, -0.05) is 32.4 Å². The number of primary amides is 1. The summed E-state index contributed by atoms with van der Waals surface area (Å²) in [5.74, 6) is -0.474. The van der Waals surface area contributed by atoms with Crippen molar-refractivity contribution in [1.29, 1.82) is 0 Å². The number of hydrogen-bond acceptors (Lipinski definition) is 4. The maximum atomic E-state index is 11.2. The second kappa shape index (κ2) is 6.03. The molecule has 0 radical (unpaired) electrons. The largest absolute Gasteiger partial charge is 0.378 e. The van der Waals surface area contributed by atoms with E-state index in [-0.39, 0.29) is 5.41 Å². The van der Waals surface area contributed by atoms with Gasteiger partial charge in [-0.2, -0.15) is 0 Å². The van der Waals surface area contributed by atoms with Crippen molar-refractivity contribution >= 4 is 34.5 Å². The van der Waals surface area contributed by atoms with E-state index in [4.69, 9.17) is 17.3 Å². The number of thiazole rings is 1. The molecule has 4 nitrogen and oxygen atoms in total. The van der Waals surface area contributed by atoms with Crippen LogP contribution < -0.4 is 11.1 Å². The van der Waals surface area contributed by atoms with Gasteiger partial charge in [0.1, 0.15) is 0 Å². The van der Waals surface area contributed by atoms with Crippen molar-refractivity contribution < 1.29 is 4.79 Å². The molecule has 0 unspecified atom stereocenters. The van der Waals surface area contributed by atoms with Gasteiger partial charge in [-0.05, 0) is 18.2 Å². The van der Waals surface area contributed by atoms with Gasteiger partial charge in [0.25, 0.3) is 0 Å². The number of hydrogen-bond donors (Lipinski definition) is 2. The SMILES string of the molecule is CC(C)(C)c1nc(CNc2cc(C(N)=O)ccc2Cl)cs1. The molecule has 1 aromatic heterocycles. The average Bonchev–Trinajstić information content (AvgIpc) is 2.86. The molecule has 3 N–H and O–H groups in total. The quantitative estimate of drug-likeness (QED) is 0.899. The molecule has 1 aromatic carbocycles. The van der Waals surface area contributed by atoms with Gasteiger partial charge < -0.3 is 11.1 Å². The first-order valence-corrected chi connectivity index (χ1v) is 7.81. The van der Waals surface area contributed by atoms with Crippen molar-refractivity contribution in [2.75, 3.05) is 5.32 Å². The summed E-state index contributed by atoms with van der Waals surface area (Å²) in [6.07, 6.45) is 0. The summed E-state index contributed by atoms with van der Waals surface area (Å²) in [5, 5.41) is 6.86. The lowest BCUT2D eigenvalue weighted by molar-refractivity contribution is 0.100. The van der Waals surface area contributed by atoms with Crippen molar-refractivity contribution in [2.45, 2.75) is 32.7 Å². The van der Waals surface area contributed by atoms with E-state index < -0.39 is 5.91 Å². The van der Waals surface area contributed by atoms with Crippen LogP contribution in [-0.2, 0) is 12.0 Å². The number of carbonyl (C=O) groups is 1. The van der Waals surface area contributed by atoms with Crippen molar-refractivity contribution in [2.24, 2.45) is 5.73 Å². The van der Waals surface area contributed by atoms with E-state index in [1.54, 1.807) is 29.5 Å². The topological polar surface area (TPSA) is 68.0 Å². The van der Waals surface area contributed by atoms with Crippen LogP contribution in [0.25, 0.3) is 0 Å². The number of nitrogens with two attached hydrogens (primary N) is 1. The zero-order chi connectivity index (χ0) is 15.6. The second-order valence-electron chi connectivity index (χ2n) is 5.81. The van der Waals surface area contributed by atoms with Gasteiger partial charge in [0.15, 0.2) is 0 Å². The minimum Gasteiger partial charge on any atom is -0.378 e. The average molecular weight is 324 g/mol. The van der Waals surface area contributed by atoms with Crippen LogP contribution in [0, 0.1) is 0 Å². The van der Waals surface area contributed by atoms with Gasteiger partial charge in [0.05, 0.1) is 28.0 Å². The maximum absolute atomic E-state index is 11.2. The first-order valence-electron chi connectivity index (χ1n) is 6.55. The Kier molecular flexibility index (Phi) is 4.54. The molecule has 0 aliphatic heterocycles. The highest BCUT2D eigenvalue weighted by Gasteiger charge is 2.17. The molecule has 1 heterocycles. The number of rotatable bonds is 4. The molecular formula is C15H18ClN3OS. The Morgan fingerprint density at radius 2 is 2.14 bits per heavy atom. The van der Waals surface area contributed by atoms with Gasteiger partial charge >= 0.3 is 0 Å². The second-order valence-corrected chi connectivity index (χ2v) is 7.07. The minimum absolute atomic E-state index is 0.0481. The van der Waals surface area contributed by atoms with E-state index >= 15 is 0 Å². The number of amides is 1. The molecule has 6 heteroatoms. The van der Waals surface area contributed by atoms with Gasteiger partial charge in [-0.3, -0.25) is 4.79 Å². The highest BCUT2D eigenvalue weighted by molar-refractivity contribution is 7.09. The monoisotopic (exact) mass is 323 g/mol. The highest BCUT2D eigenvalue weighted by Crippen LogP contribution is 2.27. The zero-order valence-electron chi connectivity index (χ0n) is 12.2. The van der Waals surface area contributed by atoms with E-state index in [0.717, 1.165) is 10.7 Å². The molecule has 0 saturated heterocycles. The first-order chi connectivity index (χ1) is 9.77. The molecule has 2 rings (SSSR count). The third-order valence-corrected chi connectivity index (χ3v) is 4.55. The molecule has 21 heavy (non-hydrogen) atoms. The van der Waals surface area contributed by atoms with E-state index in [1.807, 2.05) is 5.38 Å². The van der Waals surface area contributed by atoms with Gasteiger partial charge in [-0.25, -0.2) is 4.98 Å². The van der Waals surface area contributed by atoms with Gasteiger partial charge in [0, 0.05) is 16.4 Å². The normalized spacial score (nSPS) is 11.4. The molecule has 112 valence electrons. The predicted molar refractivity (Wildman–Crippen MR) is 88.1 cm³/mol. The van der Waals surface area contributed by atoms with Crippen molar-refractivity contribution in [3.05, 3.63) is 44.9 Å². The summed E-state index contributed by atoms with van der Waals surface area (Å²) in [4.78, 5) is 15.8. The number of aromatic nitrogens is 1. The Bertz CT molecular complexity index is 661. The molecule has 0 fully saturated rings. The number of carbonyl (C=O) groups excluding carboxylic acids is 1. The third-order valence-electron chi connectivity index (χ3n) is 2.90. The van der Waals surface area contributed by atoms with Crippen LogP contribution in [0.3, 0.4) is 0 Å². The van der Waals surface area contributed by atoms with Crippen LogP contribution in [0.5, 0.6) is 0 Å². The first kappa shape index (κ1) is 15.8. The standard InChI is InChI=1S/C15H18ClN3OS/c1-15(2,3)14-19-10(8-21-14)7-18-12-6-9(13(17)20)4-5-11(12)16/h4-6,8,18H,7H2,1-3H3,(H2,17,20). The van der Waals surface area contributed by atoms with E-state index in [2.05, 4.69) is 31.1 Å². The summed E-state index contributed by atoms with van der Waals surface area (Å²) in [6.45, 7) is 6.96. The van der Waals surface area contributed by atoms with Crippen LogP contribution >= 0.6 is 22.9 Å². The third kappa shape index (κ3) is 3.95. The molecular weight excluding hydrogens is 306 g/mol. The highest BCUT2D eigenvalue weighted by atomic mass is 35.5. The summed E-state index contributed by atoms with van der Waals surface area (Å²) in [5.41, 5.74) is 7.37. The fourth-order valence-electron chi connectivity index (χ4n) is 1.73. The Morgan fingerprint density at radius 3 is 2.71 bits per heavy atom. The van der Waals surface area contributed by atoms with Crippen LogP contribution in [0.4, 0.5) is 5.69 Å². The lowest BCUT2D eigenvalue weighted by atomic mass is 9.98. The molecule has 0 aliphatic carbocycles. The van der Waals surface area contributed by atoms with Crippen molar-refractivity contribution in [1.82, 2.24) is 4.98 Å². The summed E-state index contributed by atoms with van der Waals surface area (Å²) >= 11 is 7.76. The number of anilines is 1. The summed E-state index contributed by atoms with van der Waals surface area (Å²) in [7, 11) is 0. The predicted octanol–water partition coefficient (Wildman–Crippen LogP) is 3.81. The smallest absolute Gasteiger partial charge is 0.248 e. The van der Waals surface area contributed by atoms with E-state index in [1.165, 1.54) is 0 Å². The molecule has 0 spiro atoms. The Morgan fingerprint density at radius 1 is 1.43 bits per heavy atom. The lowest BCUT2D eigenvalue weighted by Crippen LogP contribution is -2.12. The molecule has 1 amide bonds. The van der Waals surface area contributed by atoms with E-state index in [9.17, 15) is 4.79 Å². The summed E-state index contributed by atoms with van der Waals surface area (Å²) in [6, 6.07) is 4.92. The fourth-order valence-corrected chi connectivity index (χ4v) is 2.82. The molecule has 0 aliphatic rings. The van der Waals surface area contributed by atoms with Crippen molar-refractivity contribution in [3.8, 4) is 0 Å². The van der Waals surface area contributed by atoms with Gasteiger partial charge in [-0.15, -0.1) is 11.3 Å². The minimum atomic E-state index is -0.474. The Labute approximate surface area is 133 Å². The lowest BCUT2D eigenvalue weighted by Gasteiger charge is -2.13. The molecule has 2 aromatic rings. The number of benzene rings is 1. The Balaban J connectivity index is 2.11. The molecule has 0 saturated carbocycles. The van der Waals surface area contributed by atoms with Crippen LogP contribution in [0.2, 0.25) is 5.02 Å². The van der Waals surface area contributed by atoms with Crippen molar-refractivity contribution in [3.63, 3.8) is 0 Å². The zero-order valence-corrected chi connectivity index (χ0v) is 13.8. The number of halogens is 1. The number of nitrogens with one attached hydrogen (secondary N) is 1. The Hall–Kier alpha value is -1.59. The maximum Gasteiger partial charge on any atom is 0.248 e. The van der Waals surface area contributed by atoms with Crippen LogP contribution in [0.15, 0.2) is 23.6 Å². The van der Waals surface area contributed by atoms with Gasteiger partial charge in [0.2, 0.25) is 5.91 Å². The fraction of sp³-hybridized carbons (Fsp3) is 0.333. The van der Waals surface area contributed by atoms with Crippen LogP contribution in [0.1, 0.15) is 41.8 Å². The van der Waals surface area contributed by atoms with Crippen LogP contribution in [-0.4, -0.2) is 10.9 Å². The molecule has 0 bridgehead atoms.